The maximum atomic E-state index is 11.1. The van der Waals surface area contributed by atoms with Crippen LogP contribution in [0.2, 0.25) is 0 Å². The number of fused-ring (bicyclic) bond motifs is 2. The lowest BCUT2D eigenvalue weighted by molar-refractivity contribution is -0.384. The molecule has 0 amide bonds. The average Bonchev–Trinajstić information content (AvgIpc) is 3.22. The Morgan fingerprint density at radius 1 is 1.03 bits per heavy atom. The maximum absolute atomic E-state index is 11.1. The van der Waals surface area contributed by atoms with Crippen molar-refractivity contribution < 1.29 is 14.4 Å². The van der Waals surface area contributed by atoms with Gasteiger partial charge < -0.3 is 9.52 Å². The molecule has 1 heterocycles. The third-order valence-corrected chi connectivity index (χ3v) is 5.57. The highest BCUT2D eigenvalue weighted by Crippen LogP contribution is 2.32. The number of aryl methyl sites for hydroxylation is 2. The molecular weight excluding hydrogens is 418 g/mol. The number of aromatic hydroxyl groups is 1. The molecule has 0 atom stereocenters. The van der Waals surface area contributed by atoms with Gasteiger partial charge in [-0.1, -0.05) is 18.2 Å². The number of phenols is 1. The Morgan fingerprint density at radius 3 is 2.70 bits per heavy atom. The monoisotopic (exact) mass is 437 g/mol. The number of hydrogen-bond donors (Lipinski definition) is 1. The number of benzene rings is 4. The van der Waals surface area contributed by atoms with Gasteiger partial charge in [-0.15, -0.1) is 0 Å². The Labute approximate surface area is 188 Å². The van der Waals surface area contributed by atoms with Gasteiger partial charge in [0, 0.05) is 29.5 Å². The lowest BCUT2D eigenvalue weighted by Gasteiger charge is -2.06. The number of rotatable bonds is 4. The first-order valence-corrected chi connectivity index (χ1v) is 10.3. The normalized spacial score (nSPS) is 11.6. The number of aliphatic imine (C=N–C) groups is 1. The molecule has 0 aliphatic heterocycles. The molecule has 33 heavy (non-hydrogen) atoms. The molecule has 0 saturated carbocycles. The van der Waals surface area contributed by atoms with E-state index in [-0.39, 0.29) is 11.4 Å². The quantitative estimate of drug-likeness (QED) is 0.193. The zero-order chi connectivity index (χ0) is 23.1. The van der Waals surface area contributed by atoms with E-state index < -0.39 is 4.92 Å². The van der Waals surface area contributed by atoms with Crippen LogP contribution in [-0.2, 0) is 0 Å². The van der Waals surface area contributed by atoms with Crippen LogP contribution >= 0.6 is 0 Å². The average molecular weight is 437 g/mol. The highest BCUT2D eigenvalue weighted by Gasteiger charge is 2.12. The lowest BCUT2D eigenvalue weighted by atomic mass is 10.0. The van der Waals surface area contributed by atoms with Crippen LogP contribution in [-0.4, -0.2) is 21.2 Å². The van der Waals surface area contributed by atoms with E-state index in [1.807, 2.05) is 50.2 Å². The second kappa shape index (κ2) is 7.87. The zero-order valence-electron chi connectivity index (χ0n) is 17.9. The summed E-state index contributed by atoms with van der Waals surface area (Å²) in [5, 5.41) is 22.8. The van der Waals surface area contributed by atoms with Crippen LogP contribution in [0.1, 0.15) is 16.7 Å². The van der Waals surface area contributed by atoms with Crippen molar-refractivity contribution in [1.82, 2.24) is 4.98 Å². The van der Waals surface area contributed by atoms with Crippen LogP contribution in [0.4, 0.5) is 11.4 Å². The number of nitro benzene ring substituents is 1. The second-order valence-corrected chi connectivity index (χ2v) is 7.91. The fraction of sp³-hybridized carbons (Fsp3) is 0.0769. The number of nitro groups is 1. The molecule has 0 fully saturated rings. The highest BCUT2D eigenvalue weighted by molar-refractivity contribution is 6.03. The Hall–Kier alpha value is -4.52. The van der Waals surface area contributed by atoms with Gasteiger partial charge in [0.1, 0.15) is 11.3 Å². The van der Waals surface area contributed by atoms with Crippen molar-refractivity contribution >= 4 is 39.5 Å². The summed E-state index contributed by atoms with van der Waals surface area (Å²) in [4.78, 5) is 19.8. The van der Waals surface area contributed by atoms with Gasteiger partial charge in [-0.25, -0.2) is 4.98 Å². The SMILES string of the molecule is Cc1ccc2nc(-c3ccc(C)c(N=Cc4c(O)ccc5cc([N+](=O)[O-])ccc45)c3)oc2c1. The number of nitrogens with zero attached hydrogens (tertiary/aromatic N) is 3. The molecule has 5 aromatic rings. The van der Waals surface area contributed by atoms with Crippen molar-refractivity contribution in [3.05, 3.63) is 93.5 Å². The van der Waals surface area contributed by atoms with Gasteiger partial charge in [-0.3, -0.25) is 15.1 Å². The third kappa shape index (κ3) is 3.80. The van der Waals surface area contributed by atoms with Crippen LogP contribution in [0.25, 0.3) is 33.3 Å². The smallest absolute Gasteiger partial charge is 0.270 e. The summed E-state index contributed by atoms with van der Waals surface area (Å²) in [6.07, 6.45) is 1.57. The summed E-state index contributed by atoms with van der Waals surface area (Å²) in [6.45, 7) is 3.94. The van der Waals surface area contributed by atoms with Crippen molar-refractivity contribution in [2.45, 2.75) is 13.8 Å². The lowest BCUT2D eigenvalue weighted by Crippen LogP contribution is -1.90. The Kier molecular flexibility index (Phi) is 4.86. The molecular formula is C26H19N3O4. The van der Waals surface area contributed by atoms with Gasteiger partial charge in [0.05, 0.1) is 10.6 Å². The molecule has 5 rings (SSSR count). The van der Waals surface area contributed by atoms with Gasteiger partial charge in [0.25, 0.3) is 5.69 Å². The summed E-state index contributed by atoms with van der Waals surface area (Å²) in [6, 6.07) is 19.3. The first-order chi connectivity index (χ1) is 15.9. The Morgan fingerprint density at radius 2 is 1.88 bits per heavy atom. The first kappa shape index (κ1) is 20.4. The molecule has 0 unspecified atom stereocenters. The molecule has 0 aliphatic carbocycles. The van der Waals surface area contributed by atoms with Crippen LogP contribution in [0, 0.1) is 24.0 Å². The number of hydrogen-bond acceptors (Lipinski definition) is 6. The van der Waals surface area contributed by atoms with Crippen molar-refractivity contribution in [3.63, 3.8) is 0 Å². The molecule has 0 radical (unpaired) electrons. The van der Waals surface area contributed by atoms with Crippen LogP contribution in [0.3, 0.4) is 0 Å². The molecule has 0 spiro atoms. The molecule has 7 heteroatoms. The van der Waals surface area contributed by atoms with Crippen molar-refractivity contribution in [3.8, 4) is 17.2 Å². The standard InChI is InChI=1S/C26H19N3O4/c1-15-3-9-22-25(11-15)33-26(28-22)18-5-4-16(2)23(13-18)27-14-21-20-8-7-19(29(31)32)12-17(20)6-10-24(21)30/h3-14,30H,1-2H3. The van der Waals surface area contributed by atoms with E-state index in [4.69, 9.17) is 4.42 Å². The minimum absolute atomic E-state index is 0.00634. The topological polar surface area (TPSA) is 102 Å². The summed E-state index contributed by atoms with van der Waals surface area (Å²) >= 11 is 0. The van der Waals surface area contributed by atoms with E-state index in [9.17, 15) is 15.2 Å². The number of oxazole rings is 1. The van der Waals surface area contributed by atoms with Crippen molar-refractivity contribution in [2.75, 3.05) is 0 Å². The number of aromatic nitrogens is 1. The van der Waals surface area contributed by atoms with E-state index in [0.29, 0.717) is 27.9 Å². The van der Waals surface area contributed by atoms with E-state index >= 15 is 0 Å². The molecule has 0 aliphatic rings. The first-order valence-electron chi connectivity index (χ1n) is 10.3. The van der Waals surface area contributed by atoms with Crippen LogP contribution < -0.4 is 0 Å². The van der Waals surface area contributed by atoms with E-state index in [0.717, 1.165) is 27.8 Å². The van der Waals surface area contributed by atoms with Crippen LogP contribution in [0.15, 0.2) is 76.1 Å². The second-order valence-electron chi connectivity index (χ2n) is 7.91. The molecule has 1 aromatic heterocycles. The minimum Gasteiger partial charge on any atom is -0.507 e. The summed E-state index contributed by atoms with van der Waals surface area (Å²) in [7, 11) is 0. The number of phenolic OH excluding ortho intramolecular Hbond substituents is 1. The van der Waals surface area contributed by atoms with Gasteiger partial charge >= 0.3 is 0 Å². The van der Waals surface area contributed by atoms with Gasteiger partial charge in [0.15, 0.2) is 5.58 Å². The molecule has 162 valence electrons. The maximum Gasteiger partial charge on any atom is 0.270 e. The summed E-state index contributed by atoms with van der Waals surface area (Å²) in [5.74, 6) is 0.551. The van der Waals surface area contributed by atoms with E-state index in [2.05, 4.69) is 9.98 Å². The van der Waals surface area contributed by atoms with Crippen molar-refractivity contribution in [1.29, 1.82) is 0 Å². The van der Waals surface area contributed by atoms with Crippen LogP contribution in [0.5, 0.6) is 5.75 Å². The molecule has 4 aromatic carbocycles. The van der Waals surface area contributed by atoms with Gasteiger partial charge in [-0.2, -0.15) is 0 Å². The predicted octanol–water partition coefficient (Wildman–Crippen LogP) is 6.63. The molecule has 0 bridgehead atoms. The van der Waals surface area contributed by atoms with Gasteiger partial charge in [0.2, 0.25) is 5.89 Å². The molecule has 7 nitrogen and oxygen atoms in total. The Bertz CT molecular complexity index is 1580. The number of non-ortho nitro benzene ring substituents is 1. The molecule has 1 N–H and O–H groups in total. The Balaban J connectivity index is 1.55. The van der Waals surface area contributed by atoms with E-state index in [1.165, 1.54) is 18.2 Å². The van der Waals surface area contributed by atoms with E-state index in [1.54, 1.807) is 18.3 Å². The molecule has 0 saturated heterocycles. The third-order valence-electron chi connectivity index (χ3n) is 5.57. The fourth-order valence-corrected chi connectivity index (χ4v) is 3.75. The summed E-state index contributed by atoms with van der Waals surface area (Å²) < 4.78 is 5.94. The fourth-order valence-electron chi connectivity index (χ4n) is 3.75. The minimum atomic E-state index is -0.442. The van der Waals surface area contributed by atoms with Gasteiger partial charge in [-0.05, 0) is 72.1 Å². The van der Waals surface area contributed by atoms with Crippen molar-refractivity contribution in [2.24, 2.45) is 4.99 Å². The highest BCUT2D eigenvalue weighted by atomic mass is 16.6. The zero-order valence-corrected chi connectivity index (χ0v) is 17.9. The summed E-state index contributed by atoms with van der Waals surface area (Å²) in [5.41, 5.74) is 5.53. The largest absolute Gasteiger partial charge is 0.507 e. The predicted molar refractivity (Wildman–Crippen MR) is 128 cm³/mol.